The lowest BCUT2D eigenvalue weighted by atomic mass is 10.1. The van der Waals surface area contributed by atoms with E-state index in [1.807, 2.05) is 12.1 Å². The van der Waals surface area contributed by atoms with Gasteiger partial charge in [0.15, 0.2) is 16.0 Å². The van der Waals surface area contributed by atoms with Gasteiger partial charge >= 0.3 is 0 Å². The number of sulfonamides is 1. The van der Waals surface area contributed by atoms with E-state index >= 15 is 0 Å². The van der Waals surface area contributed by atoms with Crippen molar-refractivity contribution in [2.45, 2.75) is 17.3 Å². The highest BCUT2D eigenvalue weighted by molar-refractivity contribution is 8.16. The first-order valence-electron chi connectivity index (χ1n) is 6.76. The minimum Gasteiger partial charge on any atom is -0.384 e. The Morgan fingerprint density at radius 2 is 2.32 bits per heavy atom. The van der Waals surface area contributed by atoms with Crippen LogP contribution in [0.3, 0.4) is 0 Å². The first-order valence-corrected chi connectivity index (χ1v) is 9.63. The number of benzene rings is 1. The molecule has 0 fully saturated rings. The molecule has 1 aromatic rings. The summed E-state index contributed by atoms with van der Waals surface area (Å²) in [6.07, 6.45) is 2.59. The van der Waals surface area contributed by atoms with Crippen LogP contribution in [0.15, 0.2) is 34.8 Å². The third kappa shape index (κ3) is 2.26. The number of rotatable bonds is 3. The lowest BCUT2D eigenvalue weighted by molar-refractivity contribution is 0.504. The Morgan fingerprint density at radius 3 is 3.18 bits per heavy atom. The Labute approximate surface area is 137 Å². The number of fused-ring (bicyclic) bond motifs is 2. The van der Waals surface area contributed by atoms with E-state index in [2.05, 4.69) is 15.0 Å². The van der Waals surface area contributed by atoms with Crippen LogP contribution in [0.5, 0.6) is 0 Å². The summed E-state index contributed by atoms with van der Waals surface area (Å²) in [6, 6.07) is 5.51. The van der Waals surface area contributed by atoms with Crippen LogP contribution in [-0.2, 0) is 16.4 Å². The Hall–Kier alpha value is -1.38. The molecular formula is C13H13ClN4O2S2. The van der Waals surface area contributed by atoms with Crippen LogP contribution in [0, 0.1) is 0 Å². The van der Waals surface area contributed by atoms with Gasteiger partial charge in [0, 0.05) is 24.1 Å². The van der Waals surface area contributed by atoms with Gasteiger partial charge in [0.2, 0.25) is 0 Å². The molecule has 3 heterocycles. The number of nitrogens with one attached hydrogen (secondary N) is 2. The number of hydrogen-bond donors (Lipinski definition) is 2. The van der Waals surface area contributed by atoms with E-state index in [1.165, 1.54) is 11.8 Å². The van der Waals surface area contributed by atoms with Gasteiger partial charge in [0.05, 0.1) is 0 Å². The van der Waals surface area contributed by atoms with Crippen molar-refractivity contribution in [2.75, 3.05) is 16.6 Å². The molecule has 0 aliphatic carbocycles. The molecular weight excluding hydrogens is 344 g/mol. The molecule has 0 amide bonds. The highest BCUT2D eigenvalue weighted by Crippen LogP contribution is 2.35. The molecule has 2 unspecified atom stereocenters. The van der Waals surface area contributed by atoms with Crippen molar-refractivity contribution in [3.05, 3.63) is 35.4 Å². The summed E-state index contributed by atoms with van der Waals surface area (Å²) in [5.74, 6) is 0. The lowest BCUT2D eigenvalue weighted by Crippen LogP contribution is -2.42. The third-order valence-corrected chi connectivity index (χ3v) is 6.66. The predicted molar refractivity (Wildman–Crippen MR) is 90.6 cm³/mol. The second kappa shape index (κ2) is 5.07. The van der Waals surface area contributed by atoms with Crippen molar-refractivity contribution < 1.29 is 8.42 Å². The fourth-order valence-electron chi connectivity index (χ4n) is 2.76. The molecule has 22 heavy (non-hydrogen) atoms. The summed E-state index contributed by atoms with van der Waals surface area (Å²) >= 11 is 7.49. The Bertz CT molecular complexity index is 793. The molecule has 116 valence electrons. The zero-order chi connectivity index (χ0) is 15.3. The van der Waals surface area contributed by atoms with E-state index in [9.17, 15) is 8.42 Å². The summed E-state index contributed by atoms with van der Waals surface area (Å²) < 4.78 is 28.0. The molecule has 0 bridgehead atoms. The summed E-state index contributed by atoms with van der Waals surface area (Å²) in [6.45, 7) is 0.880. The monoisotopic (exact) mass is 356 g/mol. The molecule has 2 N–H and O–H groups in total. The van der Waals surface area contributed by atoms with Gasteiger partial charge in [-0.05, 0) is 35.6 Å². The van der Waals surface area contributed by atoms with Gasteiger partial charge < -0.3 is 10.2 Å². The minimum absolute atomic E-state index is 0.551. The highest BCUT2D eigenvalue weighted by Gasteiger charge is 2.45. The van der Waals surface area contributed by atoms with Crippen LogP contribution in [0.2, 0.25) is 0 Å². The van der Waals surface area contributed by atoms with Crippen molar-refractivity contribution in [1.29, 1.82) is 0 Å². The standard InChI is InChI=1S/C13H13ClN4O2S2/c14-11-12(18-5-6-21-13(18)16-11)22(19,20)17-9-1-2-10-8(7-9)3-4-15-10/h1-2,5-7,11-12,15,17H,3-4H2. The topological polar surface area (TPSA) is 73.8 Å². The third-order valence-electron chi connectivity index (χ3n) is 3.75. The number of hydrogen-bond acceptors (Lipinski definition) is 6. The number of halogens is 1. The first-order chi connectivity index (χ1) is 10.5. The Morgan fingerprint density at radius 1 is 1.45 bits per heavy atom. The lowest BCUT2D eigenvalue weighted by Gasteiger charge is -2.23. The molecule has 0 saturated carbocycles. The van der Waals surface area contributed by atoms with Crippen molar-refractivity contribution in [3.8, 4) is 0 Å². The number of nitrogens with zero attached hydrogens (tertiary/aromatic N) is 2. The minimum atomic E-state index is -3.69. The van der Waals surface area contributed by atoms with Gasteiger partial charge in [0.25, 0.3) is 10.0 Å². The summed E-state index contributed by atoms with van der Waals surface area (Å²) in [5, 5.41) is 4.73. The maximum absolute atomic E-state index is 12.7. The Kier molecular flexibility index (Phi) is 3.28. The molecule has 1 aromatic carbocycles. The van der Waals surface area contributed by atoms with E-state index in [-0.39, 0.29) is 0 Å². The van der Waals surface area contributed by atoms with Crippen LogP contribution >= 0.6 is 23.4 Å². The van der Waals surface area contributed by atoms with Gasteiger partial charge in [-0.2, -0.15) is 0 Å². The van der Waals surface area contributed by atoms with Crippen LogP contribution in [-0.4, -0.2) is 35.9 Å². The number of anilines is 2. The fraction of sp³-hybridized carbons (Fsp3) is 0.308. The Balaban J connectivity index is 1.60. The largest absolute Gasteiger partial charge is 0.384 e. The van der Waals surface area contributed by atoms with Crippen LogP contribution in [0.1, 0.15) is 5.56 Å². The van der Waals surface area contributed by atoms with Crippen LogP contribution < -0.4 is 10.0 Å². The average molecular weight is 357 g/mol. The van der Waals surface area contributed by atoms with Crippen molar-refractivity contribution >= 4 is 49.9 Å². The van der Waals surface area contributed by atoms with Crippen LogP contribution in [0.4, 0.5) is 11.4 Å². The molecule has 0 saturated heterocycles. The quantitative estimate of drug-likeness (QED) is 0.641. The molecule has 4 rings (SSSR count). The van der Waals surface area contributed by atoms with Gasteiger partial charge in [-0.25, -0.2) is 13.4 Å². The van der Waals surface area contributed by atoms with Gasteiger partial charge in [-0.1, -0.05) is 23.4 Å². The molecule has 0 spiro atoms. The normalized spacial score (nSPS) is 25.7. The summed E-state index contributed by atoms with van der Waals surface area (Å²) in [7, 11) is -3.69. The van der Waals surface area contributed by atoms with Crippen molar-refractivity contribution in [2.24, 2.45) is 4.99 Å². The second-order valence-electron chi connectivity index (χ2n) is 5.18. The first kappa shape index (κ1) is 14.2. The van der Waals surface area contributed by atoms with E-state index in [0.717, 1.165) is 24.2 Å². The molecule has 0 radical (unpaired) electrons. The van der Waals surface area contributed by atoms with E-state index in [4.69, 9.17) is 11.6 Å². The van der Waals surface area contributed by atoms with Gasteiger partial charge in [-0.3, -0.25) is 4.72 Å². The number of thioether (sulfide) groups is 1. The molecule has 3 aliphatic heterocycles. The average Bonchev–Trinajstić information content (AvgIpc) is 3.11. The van der Waals surface area contributed by atoms with Crippen LogP contribution in [0.25, 0.3) is 0 Å². The number of alkyl halides is 1. The zero-order valence-electron chi connectivity index (χ0n) is 11.4. The van der Waals surface area contributed by atoms with E-state index < -0.39 is 20.9 Å². The molecule has 9 heteroatoms. The molecule has 3 aliphatic rings. The number of aliphatic imine (C=N–C) groups is 1. The SMILES string of the molecule is O=S(=O)(Nc1ccc2c(c1)CCN2)C1C(Cl)N=C2SC=CN21. The second-order valence-corrected chi connectivity index (χ2v) is 8.28. The van der Waals surface area contributed by atoms with E-state index in [1.54, 1.807) is 22.6 Å². The smallest absolute Gasteiger partial charge is 0.257 e. The van der Waals surface area contributed by atoms with Gasteiger partial charge in [0.1, 0.15) is 0 Å². The maximum Gasteiger partial charge on any atom is 0.257 e. The number of amidine groups is 1. The maximum atomic E-state index is 12.7. The van der Waals surface area contributed by atoms with Gasteiger partial charge in [-0.15, -0.1) is 0 Å². The molecule has 0 aromatic heterocycles. The zero-order valence-corrected chi connectivity index (χ0v) is 13.7. The molecule has 6 nitrogen and oxygen atoms in total. The summed E-state index contributed by atoms with van der Waals surface area (Å²) in [4.78, 5) is 5.77. The summed E-state index contributed by atoms with van der Waals surface area (Å²) in [5.41, 5.74) is 1.91. The van der Waals surface area contributed by atoms with Crippen molar-refractivity contribution in [3.63, 3.8) is 0 Å². The molecule has 2 atom stereocenters. The highest BCUT2D eigenvalue weighted by atomic mass is 35.5. The fourth-order valence-corrected chi connectivity index (χ4v) is 5.70. The predicted octanol–water partition coefficient (Wildman–Crippen LogP) is 2.18. The van der Waals surface area contributed by atoms with Crippen molar-refractivity contribution in [1.82, 2.24) is 4.90 Å². The van der Waals surface area contributed by atoms with E-state index in [0.29, 0.717) is 10.9 Å².